The minimum absolute atomic E-state index is 0.00425. The molecule has 0 radical (unpaired) electrons. The maximum Gasteiger partial charge on any atom is 0.255 e. The van der Waals surface area contributed by atoms with Crippen LogP contribution >= 0.6 is 11.6 Å². The Labute approximate surface area is 159 Å². The fourth-order valence-electron chi connectivity index (χ4n) is 3.51. The number of carbonyl (C=O) groups is 1. The average Bonchev–Trinajstić information content (AvgIpc) is 3.09. The summed E-state index contributed by atoms with van der Waals surface area (Å²) < 4.78 is 2.24. The fraction of sp³-hybridized carbons (Fsp3) is 0.526. The van der Waals surface area contributed by atoms with E-state index in [1.807, 2.05) is 17.3 Å². The van der Waals surface area contributed by atoms with Crippen LogP contribution in [-0.2, 0) is 6.54 Å². The highest BCUT2D eigenvalue weighted by atomic mass is 35.5. The van der Waals surface area contributed by atoms with E-state index in [1.165, 1.54) is 0 Å². The number of carbonyl (C=O) groups excluding carboxylic acids is 1. The van der Waals surface area contributed by atoms with Crippen LogP contribution in [0.2, 0.25) is 5.02 Å². The number of nitrogens with zero attached hydrogens (tertiary/aromatic N) is 5. The van der Waals surface area contributed by atoms with E-state index in [0.29, 0.717) is 17.1 Å². The molecule has 1 fully saturated rings. The lowest BCUT2D eigenvalue weighted by Gasteiger charge is -2.32. The Morgan fingerprint density at radius 1 is 1.38 bits per heavy atom. The summed E-state index contributed by atoms with van der Waals surface area (Å²) in [4.78, 5) is 25.5. The first-order valence-electron chi connectivity index (χ1n) is 9.10. The standard InChI is InChI=1S/C19H26ClN5O/c1-23(2)7-4-9-24-10-6-22-18(24)15-5-3-8-25(14-15)19(26)16-11-17(20)13-21-12-16/h6,10-13,15H,3-5,7-9,14H2,1-2H3/t15-/m0/s1. The van der Waals surface area contributed by atoms with Gasteiger partial charge in [-0.25, -0.2) is 4.98 Å². The van der Waals surface area contributed by atoms with Crippen molar-refractivity contribution in [3.63, 3.8) is 0 Å². The number of pyridine rings is 1. The van der Waals surface area contributed by atoms with Crippen molar-refractivity contribution in [3.05, 3.63) is 47.3 Å². The molecule has 0 N–H and O–H groups in total. The number of aromatic nitrogens is 3. The van der Waals surface area contributed by atoms with Crippen LogP contribution in [0.3, 0.4) is 0 Å². The monoisotopic (exact) mass is 375 g/mol. The van der Waals surface area contributed by atoms with Crippen LogP contribution in [0.25, 0.3) is 0 Å². The van der Waals surface area contributed by atoms with E-state index in [4.69, 9.17) is 11.6 Å². The molecule has 6 nitrogen and oxygen atoms in total. The van der Waals surface area contributed by atoms with Crippen LogP contribution in [0.4, 0.5) is 0 Å². The summed E-state index contributed by atoms with van der Waals surface area (Å²) >= 11 is 5.98. The molecule has 1 aliphatic rings. The van der Waals surface area contributed by atoms with Gasteiger partial charge in [-0.1, -0.05) is 11.6 Å². The van der Waals surface area contributed by atoms with Gasteiger partial charge in [0.1, 0.15) is 5.82 Å². The van der Waals surface area contributed by atoms with Gasteiger partial charge in [0.05, 0.1) is 10.6 Å². The van der Waals surface area contributed by atoms with Crippen molar-refractivity contribution in [2.24, 2.45) is 0 Å². The van der Waals surface area contributed by atoms with Crippen molar-refractivity contribution >= 4 is 17.5 Å². The molecule has 140 valence electrons. The van der Waals surface area contributed by atoms with Crippen LogP contribution in [0, 0.1) is 0 Å². The molecule has 0 saturated carbocycles. The summed E-state index contributed by atoms with van der Waals surface area (Å²) in [5.74, 6) is 1.36. The second-order valence-corrected chi connectivity index (χ2v) is 7.55. The highest BCUT2D eigenvalue weighted by molar-refractivity contribution is 6.30. The average molecular weight is 376 g/mol. The lowest BCUT2D eigenvalue weighted by molar-refractivity contribution is 0.0702. The topological polar surface area (TPSA) is 54.3 Å². The van der Waals surface area contributed by atoms with Crippen LogP contribution in [0.5, 0.6) is 0 Å². The minimum atomic E-state index is -0.00425. The molecule has 1 aliphatic heterocycles. The highest BCUT2D eigenvalue weighted by Crippen LogP contribution is 2.27. The molecule has 0 aromatic carbocycles. The Morgan fingerprint density at radius 2 is 2.23 bits per heavy atom. The van der Waals surface area contributed by atoms with Crippen molar-refractivity contribution in [1.82, 2.24) is 24.3 Å². The van der Waals surface area contributed by atoms with Gasteiger partial charge in [0.25, 0.3) is 5.91 Å². The Kier molecular flexibility index (Phi) is 6.27. The van der Waals surface area contributed by atoms with E-state index in [0.717, 1.165) is 44.7 Å². The second-order valence-electron chi connectivity index (χ2n) is 7.12. The molecule has 1 atom stereocenters. The summed E-state index contributed by atoms with van der Waals surface area (Å²) in [6.45, 7) is 3.46. The van der Waals surface area contributed by atoms with E-state index in [-0.39, 0.29) is 11.8 Å². The van der Waals surface area contributed by atoms with Crippen LogP contribution in [0.15, 0.2) is 30.9 Å². The van der Waals surface area contributed by atoms with Crippen molar-refractivity contribution in [2.45, 2.75) is 31.7 Å². The predicted octanol–water partition coefficient (Wildman–Crippen LogP) is 2.90. The molecule has 1 amide bonds. The summed E-state index contributed by atoms with van der Waals surface area (Å²) in [7, 11) is 4.17. The number of hydrogen-bond acceptors (Lipinski definition) is 4. The molecule has 1 saturated heterocycles. The number of piperidine rings is 1. The largest absolute Gasteiger partial charge is 0.338 e. The fourth-order valence-corrected chi connectivity index (χ4v) is 3.68. The third-order valence-corrected chi connectivity index (χ3v) is 4.98. The summed E-state index contributed by atoms with van der Waals surface area (Å²) in [5, 5.41) is 0.487. The number of rotatable bonds is 6. The minimum Gasteiger partial charge on any atom is -0.338 e. The predicted molar refractivity (Wildman–Crippen MR) is 103 cm³/mol. The van der Waals surface area contributed by atoms with E-state index in [1.54, 1.807) is 18.5 Å². The molecular formula is C19H26ClN5O. The zero-order valence-electron chi connectivity index (χ0n) is 15.4. The summed E-state index contributed by atoms with van der Waals surface area (Å²) in [6.07, 6.45) is 10.2. The number of imidazole rings is 1. The molecule has 3 heterocycles. The Morgan fingerprint density at radius 3 is 3.00 bits per heavy atom. The van der Waals surface area contributed by atoms with E-state index >= 15 is 0 Å². The smallest absolute Gasteiger partial charge is 0.255 e. The zero-order chi connectivity index (χ0) is 18.5. The number of hydrogen-bond donors (Lipinski definition) is 0. The third-order valence-electron chi connectivity index (χ3n) is 4.78. The van der Waals surface area contributed by atoms with Gasteiger partial charge in [-0.05, 0) is 46.0 Å². The molecule has 0 bridgehead atoms. The van der Waals surface area contributed by atoms with Crippen molar-refractivity contribution in [1.29, 1.82) is 0 Å². The highest BCUT2D eigenvalue weighted by Gasteiger charge is 2.28. The van der Waals surface area contributed by atoms with Gasteiger partial charge in [-0.2, -0.15) is 0 Å². The lowest BCUT2D eigenvalue weighted by Crippen LogP contribution is -2.39. The number of aryl methyl sites for hydroxylation is 1. The molecular weight excluding hydrogens is 350 g/mol. The van der Waals surface area contributed by atoms with E-state index in [2.05, 4.69) is 33.5 Å². The molecule has 2 aromatic rings. The first-order chi connectivity index (χ1) is 12.5. The lowest BCUT2D eigenvalue weighted by atomic mass is 9.96. The zero-order valence-corrected chi connectivity index (χ0v) is 16.2. The molecule has 3 rings (SSSR count). The number of amides is 1. The molecule has 7 heteroatoms. The van der Waals surface area contributed by atoms with Gasteiger partial charge in [0.2, 0.25) is 0 Å². The summed E-state index contributed by atoms with van der Waals surface area (Å²) in [6, 6.07) is 1.68. The Hall–Kier alpha value is -1.92. The van der Waals surface area contributed by atoms with E-state index < -0.39 is 0 Å². The third kappa shape index (κ3) is 4.62. The van der Waals surface area contributed by atoms with Gasteiger partial charge in [-0.3, -0.25) is 9.78 Å². The maximum absolute atomic E-state index is 12.8. The molecule has 2 aromatic heterocycles. The van der Waals surface area contributed by atoms with Crippen LogP contribution < -0.4 is 0 Å². The molecule has 0 aliphatic carbocycles. The molecule has 0 spiro atoms. The van der Waals surface area contributed by atoms with Gasteiger partial charge < -0.3 is 14.4 Å². The number of halogens is 1. The second kappa shape index (κ2) is 8.64. The van der Waals surface area contributed by atoms with E-state index in [9.17, 15) is 4.79 Å². The van der Waals surface area contributed by atoms with Gasteiger partial charge in [0.15, 0.2) is 0 Å². The van der Waals surface area contributed by atoms with Gasteiger partial charge in [-0.15, -0.1) is 0 Å². The maximum atomic E-state index is 12.8. The van der Waals surface area contributed by atoms with Crippen LogP contribution in [0.1, 0.15) is 41.4 Å². The first kappa shape index (κ1) is 18.9. The first-order valence-corrected chi connectivity index (χ1v) is 9.48. The van der Waals surface area contributed by atoms with Crippen molar-refractivity contribution < 1.29 is 4.79 Å². The molecule has 26 heavy (non-hydrogen) atoms. The van der Waals surface area contributed by atoms with Gasteiger partial charge in [0, 0.05) is 50.3 Å². The van der Waals surface area contributed by atoms with Gasteiger partial charge >= 0.3 is 0 Å². The Bertz CT molecular complexity index is 745. The van der Waals surface area contributed by atoms with Crippen molar-refractivity contribution in [3.8, 4) is 0 Å². The molecule has 0 unspecified atom stereocenters. The van der Waals surface area contributed by atoms with Crippen molar-refractivity contribution in [2.75, 3.05) is 33.7 Å². The van der Waals surface area contributed by atoms with Crippen LogP contribution in [-0.4, -0.2) is 64.0 Å². The Balaban J connectivity index is 1.67. The normalized spacial score (nSPS) is 17.7. The SMILES string of the molecule is CN(C)CCCn1ccnc1[C@H]1CCCN(C(=O)c2cncc(Cl)c2)C1. The number of likely N-dealkylation sites (tertiary alicyclic amines) is 1. The summed E-state index contributed by atoms with van der Waals surface area (Å²) in [5.41, 5.74) is 0.549. The quantitative estimate of drug-likeness (QED) is 0.779.